The highest BCUT2D eigenvalue weighted by molar-refractivity contribution is 9.10. The standard InChI is InChI=1S/C22H14BrClN2O3/c23-19-5-10-22(29-14-15-1-8-21(9-2-15)26(27)28)17(12-19)11-18(13-25)16-3-6-20(24)7-4-16/h1-12H,14H2/b18-11+. The highest BCUT2D eigenvalue weighted by Crippen LogP contribution is 2.29. The van der Waals surface area contributed by atoms with Crippen molar-refractivity contribution in [3.8, 4) is 11.8 Å². The topological polar surface area (TPSA) is 76.2 Å². The molecule has 3 rings (SSSR count). The summed E-state index contributed by atoms with van der Waals surface area (Å²) < 4.78 is 6.76. The van der Waals surface area contributed by atoms with Crippen LogP contribution in [-0.2, 0) is 6.61 Å². The maximum atomic E-state index is 10.8. The number of hydrogen-bond acceptors (Lipinski definition) is 4. The maximum absolute atomic E-state index is 10.8. The molecule has 29 heavy (non-hydrogen) atoms. The van der Waals surface area contributed by atoms with E-state index in [1.165, 1.54) is 12.1 Å². The fourth-order valence-corrected chi connectivity index (χ4v) is 3.11. The first-order valence-corrected chi connectivity index (χ1v) is 9.67. The van der Waals surface area contributed by atoms with Gasteiger partial charge in [-0.05, 0) is 59.7 Å². The van der Waals surface area contributed by atoms with E-state index in [1.807, 2.05) is 12.1 Å². The number of halogens is 2. The Morgan fingerprint density at radius 1 is 1.14 bits per heavy atom. The van der Waals surface area contributed by atoms with Crippen LogP contribution in [0, 0.1) is 21.4 Å². The van der Waals surface area contributed by atoms with Gasteiger partial charge in [-0.15, -0.1) is 0 Å². The molecule has 0 aliphatic carbocycles. The Hall–Kier alpha value is -3.14. The van der Waals surface area contributed by atoms with Gasteiger partial charge in [0.25, 0.3) is 5.69 Å². The molecule has 0 spiro atoms. The van der Waals surface area contributed by atoms with Crippen LogP contribution in [0.15, 0.2) is 71.2 Å². The molecule has 0 aromatic heterocycles. The quantitative estimate of drug-likeness (QED) is 0.175. The summed E-state index contributed by atoms with van der Waals surface area (Å²) in [6, 6.07) is 20.9. The van der Waals surface area contributed by atoms with Gasteiger partial charge in [0, 0.05) is 27.2 Å². The molecule has 3 aromatic carbocycles. The summed E-state index contributed by atoms with van der Waals surface area (Å²) in [5, 5.41) is 21.0. The van der Waals surface area contributed by atoms with Crippen LogP contribution in [0.4, 0.5) is 5.69 Å². The summed E-state index contributed by atoms with van der Waals surface area (Å²) in [6.45, 7) is 0.239. The molecule has 0 N–H and O–H groups in total. The minimum atomic E-state index is -0.442. The highest BCUT2D eigenvalue weighted by atomic mass is 79.9. The number of non-ortho nitro benzene ring substituents is 1. The zero-order chi connectivity index (χ0) is 20.8. The van der Waals surface area contributed by atoms with E-state index < -0.39 is 4.92 Å². The van der Waals surface area contributed by atoms with E-state index in [1.54, 1.807) is 48.5 Å². The number of allylic oxidation sites excluding steroid dienone is 1. The molecule has 3 aromatic rings. The predicted molar refractivity (Wildman–Crippen MR) is 117 cm³/mol. The minimum absolute atomic E-state index is 0.0302. The average molecular weight is 470 g/mol. The number of nitro benzene ring substituents is 1. The SMILES string of the molecule is N#C/C(=C\c1cc(Br)ccc1OCc1ccc([N+](=O)[O-])cc1)c1ccc(Cl)cc1. The first-order chi connectivity index (χ1) is 14.0. The minimum Gasteiger partial charge on any atom is -0.488 e. The average Bonchev–Trinajstić information content (AvgIpc) is 2.72. The Bertz CT molecular complexity index is 1100. The summed E-state index contributed by atoms with van der Waals surface area (Å²) >= 11 is 9.37. The number of rotatable bonds is 6. The van der Waals surface area contributed by atoms with Crippen molar-refractivity contribution in [2.45, 2.75) is 6.61 Å². The third-order valence-corrected chi connectivity index (χ3v) is 4.83. The van der Waals surface area contributed by atoms with Gasteiger partial charge in [-0.2, -0.15) is 5.26 Å². The number of nitro groups is 1. The zero-order valence-electron chi connectivity index (χ0n) is 15.0. The second-order valence-corrected chi connectivity index (χ2v) is 7.42. The molecule has 0 aliphatic rings. The molecule has 0 saturated heterocycles. The number of nitrogens with zero attached hydrogens (tertiary/aromatic N) is 2. The maximum Gasteiger partial charge on any atom is 0.269 e. The van der Waals surface area contributed by atoms with Crippen molar-refractivity contribution in [2.24, 2.45) is 0 Å². The van der Waals surface area contributed by atoms with E-state index in [4.69, 9.17) is 16.3 Å². The van der Waals surface area contributed by atoms with Gasteiger partial charge in [-0.1, -0.05) is 39.7 Å². The van der Waals surface area contributed by atoms with Crippen LogP contribution in [0.3, 0.4) is 0 Å². The Morgan fingerprint density at radius 3 is 2.45 bits per heavy atom. The number of hydrogen-bond donors (Lipinski definition) is 0. The largest absolute Gasteiger partial charge is 0.488 e. The summed E-state index contributed by atoms with van der Waals surface area (Å²) in [5.74, 6) is 0.591. The van der Waals surface area contributed by atoms with Crippen LogP contribution in [0.5, 0.6) is 5.75 Å². The summed E-state index contributed by atoms with van der Waals surface area (Å²) in [4.78, 5) is 10.3. The molecule has 7 heteroatoms. The van der Waals surface area contributed by atoms with E-state index in [-0.39, 0.29) is 12.3 Å². The molecule has 144 valence electrons. The predicted octanol–water partition coefficient (Wildman–Crippen LogP) is 6.65. The Balaban J connectivity index is 1.86. The Labute approximate surface area is 181 Å². The second kappa shape index (κ2) is 9.37. The third kappa shape index (κ3) is 5.44. The van der Waals surface area contributed by atoms with Gasteiger partial charge in [-0.25, -0.2) is 0 Å². The number of nitriles is 1. The van der Waals surface area contributed by atoms with Gasteiger partial charge >= 0.3 is 0 Å². The van der Waals surface area contributed by atoms with E-state index in [9.17, 15) is 15.4 Å². The van der Waals surface area contributed by atoms with Gasteiger partial charge in [0.2, 0.25) is 0 Å². The van der Waals surface area contributed by atoms with Crippen molar-refractivity contribution in [3.63, 3.8) is 0 Å². The third-order valence-electron chi connectivity index (χ3n) is 4.09. The molecular formula is C22H14BrClN2O3. The molecule has 0 saturated carbocycles. The molecule has 0 fully saturated rings. The van der Waals surface area contributed by atoms with Crippen molar-refractivity contribution in [1.29, 1.82) is 5.26 Å². The Kier molecular flexibility index (Phi) is 6.65. The van der Waals surface area contributed by atoms with Crippen LogP contribution in [-0.4, -0.2) is 4.92 Å². The molecule has 0 unspecified atom stereocenters. The van der Waals surface area contributed by atoms with Crippen LogP contribution in [0.1, 0.15) is 16.7 Å². The molecule has 0 aliphatic heterocycles. The van der Waals surface area contributed by atoms with Crippen LogP contribution < -0.4 is 4.74 Å². The number of benzene rings is 3. The van der Waals surface area contributed by atoms with Crippen molar-refractivity contribution in [1.82, 2.24) is 0 Å². The van der Waals surface area contributed by atoms with E-state index in [0.717, 1.165) is 21.2 Å². The monoisotopic (exact) mass is 468 g/mol. The van der Waals surface area contributed by atoms with Crippen LogP contribution >= 0.6 is 27.5 Å². The van der Waals surface area contributed by atoms with Crippen LogP contribution in [0.25, 0.3) is 11.6 Å². The van der Waals surface area contributed by atoms with Crippen molar-refractivity contribution >= 4 is 44.9 Å². The van der Waals surface area contributed by atoms with Gasteiger partial charge in [0.1, 0.15) is 12.4 Å². The van der Waals surface area contributed by atoms with E-state index in [2.05, 4.69) is 22.0 Å². The molecular weight excluding hydrogens is 456 g/mol. The van der Waals surface area contributed by atoms with Crippen molar-refractivity contribution < 1.29 is 9.66 Å². The molecule has 0 atom stereocenters. The Morgan fingerprint density at radius 2 is 1.83 bits per heavy atom. The lowest BCUT2D eigenvalue weighted by molar-refractivity contribution is -0.384. The van der Waals surface area contributed by atoms with Crippen molar-refractivity contribution in [2.75, 3.05) is 0 Å². The first kappa shape index (κ1) is 20.6. The van der Waals surface area contributed by atoms with Crippen molar-refractivity contribution in [3.05, 3.63) is 103 Å². The fourth-order valence-electron chi connectivity index (χ4n) is 2.60. The lowest BCUT2D eigenvalue weighted by Gasteiger charge is -2.11. The molecule has 0 amide bonds. The summed E-state index contributed by atoms with van der Waals surface area (Å²) in [5.41, 5.74) is 2.78. The van der Waals surface area contributed by atoms with Gasteiger partial charge in [0.05, 0.1) is 16.6 Å². The van der Waals surface area contributed by atoms with Gasteiger partial charge in [-0.3, -0.25) is 10.1 Å². The fraction of sp³-hybridized carbons (Fsp3) is 0.0455. The first-order valence-electron chi connectivity index (χ1n) is 8.49. The second-order valence-electron chi connectivity index (χ2n) is 6.07. The molecule has 0 radical (unpaired) electrons. The smallest absolute Gasteiger partial charge is 0.269 e. The van der Waals surface area contributed by atoms with Crippen LogP contribution in [0.2, 0.25) is 5.02 Å². The zero-order valence-corrected chi connectivity index (χ0v) is 17.4. The summed E-state index contributed by atoms with van der Waals surface area (Å²) in [6.07, 6.45) is 1.75. The van der Waals surface area contributed by atoms with Gasteiger partial charge in [0.15, 0.2) is 0 Å². The van der Waals surface area contributed by atoms with E-state index >= 15 is 0 Å². The van der Waals surface area contributed by atoms with Gasteiger partial charge < -0.3 is 4.74 Å². The lowest BCUT2D eigenvalue weighted by atomic mass is 10.0. The molecule has 0 bridgehead atoms. The molecule has 0 heterocycles. The lowest BCUT2D eigenvalue weighted by Crippen LogP contribution is -1.98. The summed E-state index contributed by atoms with van der Waals surface area (Å²) in [7, 11) is 0. The highest BCUT2D eigenvalue weighted by Gasteiger charge is 2.08. The normalized spacial score (nSPS) is 11.0. The van der Waals surface area contributed by atoms with E-state index in [0.29, 0.717) is 16.3 Å². The molecule has 5 nitrogen and oxygen atoms in total. The number of ether oxygens (including phenoxy) is 1.